The fraction of sp³-hybridized carbons (Fsp3) is 0.400. The van der Waals surface area contributed by atoms with E-state index in [9.17, 15) is 9.90 Å². The Morgan fingerprint density at radius 1 is 1.42 bits per heavy atom. The van der Waals surface area contributed by atoms with Gasteiger partial charge in [0.25, 0.3) is 5.56 Å². The van der Waals surface area contributed by atoms with Crippen LogP contribution in [-0.4, -0.2) is 16.3 Å². The van der Waals surface area contributed by atoms with Crippen LogP contribution in [0.25, 0.3) is 10.9 Å². The minimum absolute atomic E-state index is 0.0150. The first-order chi connectivity index (χ1) is 9.15. The Labute approximate surface area is 111 Å². The molecule has 3 rings (SSSR count). The lowest BCUT2D eigenvalue weighted by atomic mass is 9.90. The van der Waals surface area contributed by atoms with Gasteiger partial charge in [-0.15, -0.1) is 0 Å². The third-order valence-corrected chi connectivity index (χ3v) is 4.14. The number of anilines is 1. The number of para-hydroxylation sites is 1. The van der Waals surface area contributed by atoms with Crippen molar-refractivity contribution >= 4 is 16.6 Å². The molecule has 0 aliphatic heterocycles. The molecule has 19 heavy (non-hydrogen) atoms. The normalized spacial score (nSPS) is 16.7. The first-order valence-electron chi connectivity index (χ1n) is 6.63. The number of nitrogen functional groups attached to an aromatic ring is 1. The van der Waals surface area contributed by atoms with Crippen molar-refractivity contribution in [1.82, 2.24) is 4.57 Å². The third-order valence-electron chi connectivity index (χ3n) is 4.14. The van der Waals surface area contributed by atoms with Crippen molar-refractivity contribution in [3.05, 3.63) is 40.2 Å². The number of nitrogens with two attached hydrogens (primary N) is 1. The highest BCUT2D eigenvalue weighted by Gasteiger charge is 2.34. The summed E-state index contributed by atoms with van der Waals surface area (Å²) in [6.45, 7) is 0.0476. The molecule has 1 atom stereocenters. The second-order valence-electron chi connectivity index (χ2n) is 5.34. The van der Waals surface area contributed by atoms with E-state index in [-0.39, 0.29) is 23.8 Å². The van der Waals surface area contributed by atoms with Gasteiger partial charge in [0.05, 0.1) is 12.1 Å². The van der Waals surface area contributed by atoms with Crippen LogP contribution in [0.1, 0.15) is 24.3 Å². The lowest BCUT2D eigenvalue weighted by Crippen LogP contribution is -2.25. The van der Waals surface area contributed by atoms with Crippen LogP contribution >= 0.6 is 0 Å². The maximum Gasteiger partial charge on any atom is 0.274 e. The standard InChI is InChI=1S/C15H18N2O2/c1-17-12-5-3-2-4-10(12)13(14(16)15(17)19)11(8-18)9-6-7-9/h2-5,9,11,18H,6-8,16H2,1H3. The predicted molar refractivity (Wildman–Crippen MR) is 76.2 cm³/mol. The van der Waals surface area contributed by atoms with E-state index in [0.29, 0.717) is 5.92 Å². The number of aliphatic hydroxyl groups is 1. The largest absolute Gasteiger partial charge is 0.396 e. The molecular weight excluding hydrogens is 240 g/mol. The Bertz CT molecular complexity index is 686. The quantitative estimate of drug-likeness (QED) is 0.878. The maximum atomic E-state index is 12.2. The van der Waals surface area contributed by atoms with E-state index in [0.717, 1.165) is 29.3 Å². The summed E-state index contributed by atoms with van der Waals surface area (Å²) < 4.78 is 1.58. The molecule has 100 valence electrons. The molecule has 1 saturated carbocycles. The van der Waals surface area contributed by atoms with Crippen LogP contribution in [0.4, 0.5) is 5.69 Å². The van der Waals surface area contributed by atoms with Crippen LogP contribution in [0.5, 0.6) is 0 Å². The van der Waals surface area contributed by atoms with Gasteiger partial charge in [-0.3, -0.25) is 4.79 Å². The smallest absolute Gasteiger partial charge is 0.274 e. The first-order valence-corrected chi connectivity index (χ1v) is 6.63. The number of hydrogen-bond donors (Lipinski definition) is 2. The topological polar surface area (TPSA) is 68.2 Å². The average Bonchev–Trinajstić information content (AvgIpc) is 3.25. The molecular formula is C15H18N2O2. The summed E-state index contributed by atoms with van der Waals surface area (Å²) in [6, 6.07) is 7.75. The Kier molecular flexibility index (Phi) is 2.82. The van der Waals surface area contributed by atoms with E-state index < -0.39 is 0 Å². The van der Waals surface area contributed by atoms with Crippen LogP contribution in [-0.2, 0) is 7.05 Å². The van der Waals surface area contributed by atoms with Crippen molar-refractivity contribution in [1.29, 1.82) is 0 Å². The molecule has 2 aromatic rings. The fourth-order valence-corrected chi connectivity index (χ4v) is 2.92. The lowest BCUT2D eigenvalue weighted by Gasteiger charge is -2.20. The molecule has 1 aliphatic rings. The number of rotatable bonds is 3. The summed E-state index contributed by atoms with van der Waals surface area (Å²) in [5.41, 5.74) is 7.87. The zero-order chi connectivity index (χ0) is 13.6. The zero-order valence-electron chi connectivity index (χ0n) is 11.0. The summed E-state index contributed by atoms with van der Waals surface area (Å²) in [4.78, 5) is 12.2. The number of pyridine rings is 1. The summed E-state index contributed by atoms with van der Waals surface area (Å²) in [5, 5.41) is 10.6. The molecule has 0 amide bonds. The number of fused-ring (bicyclic) bond motifs is 1. The van der Waals surface area contributed by atoms with E-state index in [4.69, 9.17) is 5.73 Å². The molecule has 4 nitrogen and oxygen atoms in total. The molecule has 1 fully saturated rings. The predicted octanol–water partition coefficient (Wildman–Crippen LogP) is 1.61. The Balaban J connectivity index is 2.36. The van der Waals surface area contributed by atoms with Gasteiger partial charge < -0.3 is 15.4 Å². The van der Waals surface area contributed by atoms with Gasteiger partial charge in [0.1, 0.15) is 5.69 Å². The van der Waals surface area contributed by atoms with Crippen molar-refractivity contribution in [3.8, 4) is 0 Å². The maximum absolute atomic E-state index is 12.2. The van der Waals surface area contributed by atoms with Gasteiger partial charge in [-0.1, -0.05) is 18.2 Å². The third kappa shape index (κ3) is 1.83. The first kappa shape index (κ1) is 12.2. The van der Waals surface area contributed by atoms with Crippen molar-refractivity contribution in [3.63, 3.8) is 0 Å². The number of aromatic nitrogens is 1. The van der Waals surface area contributed by atoms with Crippen molar-refractivity contribution in [2.75, 3.05) is 12.3 Å². The highest BCUT2D eigenvalue weighted by molar-refractivity contribution is 5.87. The highest BCUT2D eigenvalue weighted by Crippen LogP contribution is 2.45. The van der Waals surface area contributed by atoms with Crippen LogP contribution < -0.4 is 11.3 Å². The molecule has 0 radical (unpaired) electrons. The molecule has 0 bridgehead atoms. The van der Waals surface area contributed by atoms with E-state index in [1.807, 2.05) is 24.3 Å². The SMILES string of the molecule is Cn1c(=O)c(N)c(C(CO)C2CC2)c2ccccc21. The molecule has 1 aromatic heterocycles. The fourth-order valence-electron chi connectivity index (χ4n) is 2.92. The number of benzene rings is 1. The summed E-state index contributed by atoms with van der Waals surface area (Å²) in [7, 11) is 1.73. The molecule has 3 N–H and O–H groups in total. The molecule has 4 heteroatoms. The van der Waals surface area contributed by atoms with Crippen molar-refractivity contribution in [2.45, 2.75) is 18.8 Å². The molecule has 1 aromatic carbocycles. The van der Waals surface area contributed by atoms with Gasteiger partial charge in [-0.25, -0.2) is 0 Å². The van der Waals surface area contributed by atoms with Gasteiger partial charge in [0.15, 0.2) is 0 Å². The number of aliphatic hydroxyl groups excluding tert-OH is 1. The molecule has 1 unspecified atom stereocenters. The second-order valence-corrected chi connectivity index (χ2v) is 5.34. The summed E-state index contributed by atoms with van der Waals surface area (Å²) >= 11 is 0. The molecule has 1 heterocycles. The minimum Gasteiger partial charge on any atom is -0.396 e. The highest BCUT2D eigenvalue weighted by atomic mass is 16.3. The number of hydrogen-bond acceptors (Lipinski definition) is 3. The second kappa shape index (κ2) is 4.38. The van der Waals surface area contributed by atoms with E-state index in [2.05, 4.69) is 0 Å². The Hall–Kier alpha value is -1.81. The molecule has 0 saturated heterocycles. The Morgan fingerprint density at radius 3 is 2.74 bits per heavy atom. The molecule has 0 spiro atoms. The van der Waals surface area contributed by atoms with Crippen LogP contribution in [0, 0.1) is 5.92 Å². The van der Waals surface area contributed by atoms with Gasteiger partial charge in [0.2, 0.25) is 0 Å². The summed E-state index contributed by atoms with van der Waals surface area (Å²) in [5.74, 6) is 0.446. The number of nitrogens with zero attached hydrogens (tertiary/aromatic N) is 1. The van der Waals surface area contributed by atoms with Crippen molar-refractivity contribution in [2.24, 2.45) is 13.0 Å². The van der Waals surface area contributed by atoms with E-state index in [1.165, 1.54) is 0 Å². The average molecular weight is 258 g/mol. The monoisotopic (exact) mass is 258 g/mol. The summed E-state index contributed by atoms with van der Waals surface area (Å²) in [6.07, 6.45) is 2.21. The zero-order valence-corrected chi connectivity index (χ0v) is 11.0. The van der Waals surface area contributed by atoms with Gasteiger partial charge in [-0.2, -0.15) is 0 Å². The Morgan fingerprint density at radius 2 is 2.11 bits per heavy atom. The van der Waals surface area contributed by atoms with Gasteiger partial charge in [0, 0.05) is 18.4 Å². The van der Waals surface area contributed by atoms with Crippen LogP contribution in [0.2, 0.25) is 0 Å². The van der Waals surface area contributed by atoms with Gasteiger partial charge in [-0.05, 0) is 30.4 Å². The minimum atomic E-state index is -0.173. The van der Waals surface area contributed by atoms with Crippen LogP contribution in [0.15, 0.2) is 29.1 Å². The van der Waals surface area contributed by atoms with E-state index in [1.54, 1.807) is 11.6 Å². The number of aryl methyl sites for hydroxylation is 1. The van der Waals surface area contributed by atoms with Crippen LogP contribution in [0.3, 0.4) is 0 Å². The van der Waals surface area contributed by atoms with E-state index >= 15 is 0 Å². The van der Waals surface area contributed by atoms with Crippen molar-refractivity contribution < 1.29 is 5.11 Å². The lowest BCUT2D eigenvalue weighted by molar-refractivity contribution is 0.254. The molecule has 1 aliphatic carbocycles. The van der Waals surface area contributed by atoms with Gasteiger partial charge >= 0.3 is 0 Å².